The summed E-state index contributed by atoms with van der Waals surface area (Å²) in [5.41, 5.74) is 0.432. The SMILES string of the molecule is COC(=O)N1CCC(NC(=O)c2ccc(F)cc2)CC1. The number of carbonyl (C=O) groups is 2. The third-order valence-corrected chi connectivity index (χ3v) is 3.37. The highest BCUT2D eigenvalue weighted by Gasteiger charge is 2.24. The lowest BCUT2D eigenvalue weighted by Gasteiger charge is -2.31. The fourth-order valence-electron chi connectivity index (χ4n) is 2.21. The molecule has 1 saturated heterocycles. The number of piperidine rings is 1. The Morgan fingerprint density at radius 2 is 1.85 bits per heavy atom. The zero-order valence-corrected chi connectivity index (χ0v) is 11.3. The lowest BCUT2D eigenvalue weighted by Crippen LogP contribution is -2.46. The first-order chi connectivity index (χ1) is 9.60. The molecule has 0 spiro atoms. The highest BCUT2D eigenvalue weighted by Crippen LogP contribution is 2.12. The van der Waals surface area contributed by atoms with Gasteiger partial charge in [-0.05, 0) is 37.1 Å². The van der Waals surface area contributed by atoms with Gasteiger partial charge in [0.05, 0.1) is 7.11 Å². The number of methoxy groups -OCH3 is 1. The van der Waals surface area contributed by atoms with Crippen molar-refractivity contribution in [2.24, 2.45) is 0 Å². The normalized spacial score (nSPS) is 15.8. The van der Waals surface area contributed by atoms with Crippen molar-refractivity contribution in [2.45, 2.75) is 18.9 Å². The predicted octanol–water partition coefficient (Wildman–Crippen LogP) is 1.79. The minimum atomic E-state index is -0.368. The van der Waals surface area contributed by atoms with Crippen LogP contribution in [-0.4, -0.2) is 43.1 Å². The summed E-state index contributed by atoms with van der Waals surface area (Å²) < 4.78 is 17.4. The van der Waals surface area contributed by atoms with Gasteiger partial charge < -0.3 is 15.0 Å². The summed E-state index contributed by atoms with van der Waals surface area (Å²) in [7, 11) is 1.35. The van der Waals surface area contributed by atoms with Crippen molar-refractivity contribution in [1.82, 2.24) is 10.2 Å². The van der Waals surface area contributed by atoms with Gasteiger partial charge in [0.1, 0.15) is 5.82 Å². The van der Waals surface area contributed by atoms with E-state index in [2.05, 4.69) is 10.1 Å². The van der Waals surface area contributed by atoms with E-state index < -0.39 is 0 Å². The lowest BCUT2D eigenvalue weighted by atomic mass is 10.0. The molecule has 6 heteroatoms. The molecule has 0 atom stereocenters. The van der Waals surface area contributed by atoms with Gasteiger partial charge >= 0.3 is 6.09 Å². The summed E-state index contributed by atoms with van der Waals surface area (Å²) in [5, 5.41) is 2.89. The zero-order chi connectivity index (χ0) is 14.5. The van der Waals surface area contributed by atoms with Crippen molar-refractivity contribution in [3.63, 3.8) is 0 Å². The number of hydrogen-bond donors (Lipinski definition) is 1. The molecule has 1 heterocycles. The minimum absolute atomic E-state index is 0.0217. The van der Waals surface area contributed by atoms with Gasteiger partial charge in [-0.2, -0.15) is 0 Å². The number of nitrogens with one attached hydrogen (secondary N) is 1. The number of carbonyl (C=O) groups excluding carboxylic acids is 2. The number of ether oxygens (including phenoxy) is 1. The summed E-state index contributed by atoms with van der Waals surface area (Å²) in [6.07, 6.45) is 1.03. The molecule has 0 bridgehead atoms. The molecular formula is C14H17FN2O3. The molecule has 1 N–H and O–H groups in total. The number of halogens is 1. The van der Waals surface area contributed by atoms with E-state index in [4.69, 9.17) is 0 Å². The van der Waals surface area contributed by atoms with Gasteiger partial charge in [0.2, 0.25) is 0 Å². The lowest BCUT2D eigenvalue weighted by molar-refractivity contribution is 0.0892. The van der Waals surface area contributed by atoms with E-state index in [9.17, 15) is 14.0 Å². The van der Waals surface area contributed by atoms with E-state index in [0.717, 1.165) is 0 Å². The monoisotopic (exact) mass is 280 g/mol. The average Bonchev–Trinajstić information content (AvgIpc) is 2.48. The van der Waals surface area contributed by atoms with Crippen LogP contribution >= 0.6 is 0 Å². The Labute approximate surface area is 116 Å². The van der Waals surface area contributed by atoms with Crippen molar-refractivity contribution in [3.8, 4) is 0 Å². The third-order valence-electron chi connectivity index (χ3n) is 3.37. The largest absolute Gasteiger partial charge is 0.453 e. The number of nitrogens with zero attached hydrogens (tertiary/aromatic N) is 1. The Morgan fingerprint density at radius 3 is 2.40 bits per heavy atom. The first kappa shape index (κ1) is 14.3. The number of amides is 2. The molecule has 1 aliphatic heterocycles. The molecular weight excluding hydrogens is 263 g/mol. The Balaban J connectivity index is 1.85. The highest BCUT2D eigenvalue weighted by atomic mass is 19.1. The standard InChI is InChI=1S/C14H17FN2O3/c1-20-14(19)17-8-6-12(7-9-17)16-13(18)10-2-4-11(15)5-3-10/h2-5,12H,6-9H2,1H3,(H,16,18). The first-order valence-electron chi connectivity index (χ1n) is 6.49. The number of likely N-dealkylation sites (tertiary alicyclic amines) is 1. The van der Waals surface area contributed by atoms with Crippen LogP contribution in [0.5, 0.6) is 0 Å². The van der Waals surface area contributed by atoms with Crippen LogP contribution in [0.25, 0.3) is 0 Å². The Bertz CT molecular complexity index is 482. The molecule has 1 aliphatic rings. The minimum Gasteiger partial charge on any atom is -0.453 e. The maximum Gasteiger partial charge on any atom is 0.409 e. The van der Waals surface area contributed by atoms with Gasteiger partial charge in [0.15, 0.2) is 0 Å². The quantitative estimate of drug-likeness (QED) is 0.898. The van der Waals surface area contributed by atoms with Crippen LogP contribution in [0.3, 0.4) is 0 Å². The van der Waals surface area contributed by atoms with Crippen molar-refractivity contribution in [1.29, 1.82) is 0 Å². The second kappa shape index (κ2) is 6.36. The van der Waals surface area contributed by atoms with Gasteiger partial charge in [-0.3, -0.25) is 4.79 Å². The molecule has 0 aromatic heterocycles. The molecule has 0 saturated carbocycles. The Morgan fingerprint density at radius 1 is 1.25 bits per heavy atom. The second-order valence-corrected chi connectivity index (χ2v) is 4.71. The fraction of sp³-hybridized carbons (Fsp3) is 0.429. The third kappa shape index (κ3) is 3.46. The van der Waals surface area contributed by atoms with Crippen molar-refractivity contribution in [2.75, 3.05) is 20.2 Å². The van der Waals surface area contributed by atoms with Crippen LogP contribution in [0.2, 0.25) is 0 Å². The van der Waals surface area contributed by atoms with Gasteiger partial charge in [0.25, 0.3) is 5.91 Å². The van der Waals surface area contributed by atoms with Gasteiger partial charge in [-0.15, -0.1) is 0 Å². The predicted molar refractivity (Wildman–Crippen MR) is 70.9 cm³/mol. The Hall–Kier alpha value is -2.11. The number of hydrogen-bond acceptors (Lipinski definition) is 3. The first-order valence-corrected chi connectivity index (χ1v) is 6.49. The molecule has 2 amide bonds. The van der Waals surface area contributed by atoms with Crippen LogP contribution in [0, 0.1) is 5.82 Å². The van der Waals surface area contributed by atoms with E-state index >= 15 is 0 Å². The van der Waals surface area contributed by atoms with Gasteiger partial charge in [-0.25, -0.2) is 9.18 Å². The molecule has 1 aromatic carbocycles. The summed E-state index contributed by atoms with van der Waals surface area (Å²) in [6, 6.07) is 5.44. The van der Waals surface area contributed by atoms with E-state index in [0.29, 0.717) is 31.5 Å². The summed E-state index contributed by atoms with van der Waals surface area (Å²) in [6.45, 7) is 1.11. The maximum atomic E-state index is 12.8. The van der Waals surface area contributed by atoms with E-state index in [1.807, 2.05) is 0 Å². The summed E-state index contributed by atoms with van der Waals surface area (Å²) in [5.74, 6) is -0.588. The zero-order valence-electron chi connectivity index (χ0n) is 11.3. The molecule has 20 heavy (non-hydrogen) atoms. The molecule has 1 aromatic rings. The van der Waals surface area contributed by atoms with Crippen molar-refractivity contribution >= 4 is 12.0 Å². The number of benzene rings is 1. The molecule has 1 fully saturated rings. The maximum absolute atomic E-state index is 12.8. The fourth-order valence-corrected chi connectivity index (χ4v) is 2.21. The van der Waals surface area contributed by atoms with Crippen molar-refractivity contribution in [3.05, 3.63) is 35.6 Å². The van der Waals surface area contributed by atoms with Crippen LogP contribution < -0.4 is 5.32 Å². The molecule has 2 rings (SSSR count). The van der Waals surface area contributed by atoms with Crippen molar-refractivity contribution < 1.29 is 18.7 Å². The van der Waals surface area contributed by atoms with Crippen LogP contribution in [0.1, 0.15) is 23.2 Å². The smallest absolute Gasteiger partial charge is 0.409 e. The van der Waals surface area contributed by atoms with Crippen LogP contribution in [0.4, 0.5) is 9.18 Å². The second-order valence-electron chi connectivity index (χ2n) is 4.71. The molecule has 5 nitrogen and oxygen atoms in total. The van der Waals surface area contributed by atoms with E-state index in [-0.39, 0.29) is 23.9 Å². The topological polar surface area (TPSA) is 58.6 Å². The molecule has 0 radical (unpaired) electrons. The summed E-state index contributed by atoms with van der Waals surface area (Å²) in [4.78, 5) is 24.9. The van der Waals surface area contributed by atoms with Crippen LogP contribution in [-0.2, 0) is 4.74 Å². The molecule has 0 aliphatic carbocycles. The summed E-state index contributed by atoms with van der Waals surface area (Å²) >= 11 is 0. The van der Waals surface area contributed by atoms with Crippen LogP contribution in [0.15, 0.2) is 24.3 Å². The van der Waals surface area contributed by atoms with Gasteiger partial charge in [-0.1, -0.05) is 0 Å². The number of rotatable bonds is 2. The Kier molecular flexibility index (Phi) is 4.55. The van der Waals surface area contributed by atoms with Gasteiger partial charge in [0, 0.05) is 24.7 Å². The molecule has 108 valence electrons. The van der Waals surface area contributed by atoms with E-state index in [1.54, 1.807) is 4.90 Å². The highest BCUT2D eigenvalue weighted by molar-refractivity contribution is 5.94. The average molecular weight is 280 g/mol. The molecule has 0 unspecified atom stereocenters. The van der Waals surface area contributed by atoms with E-state index in [1.165, 1.54) is 31.4 Å².